The van der Waals surface area contributed by atoms with Gasteiger partial charge in [0.15, 0.2) is 0 Å². The molecule has 0 radical (unpaired) electrons. The molecule has 3 nitrogen and oxygen atoms in total. The number of halogens is 4. The summed E-state index contributed by atoms with van der Waals surface area (Å²) in [5, 5.41) is 0.298. The Morgan fingerprint density at radius 2 is 1.95 bits per heavy atom. The summed E-state index contributed by atoms with van der Waals surface area (Å²) in [5.41, 5.74) is 3.04. The fourth-order valence-corrected chi connectivity index (χ4v) is 2.09. The van der Waals surface area contributed by atoms with Crippen molar-refractivity contribution in [2.75, 3.05) is 6.61 Å². The van der Waals surface area contributed by atoms with Crippen molar-refractivity contribution in [3.63, 3.8) is 0 Å². The average Bonchev–Trinajstić information content (AvgIpc) is 2.45. The number of alkyl halides is 3. The van der Waals surface area contributed by atoms with Crippen molar-refractivity contribution in [3.05, 3.63) is 46.9 Å². The molecule has 0 amide bonds. The first-order valence-corrected chi connectivity index (χ1v) is 6.91. The van der Waals surface area contributed by atoms with Gasteiger partial charge in [0.05, 0.1) is 24.2 Å². The summed E-state index contributed by atoms with van der Waals surface area (Å²) >= 11 is 5.70. The van der Waals surface area contributed by atoms with Crippen molar-refractivity contribution in [1.29, 1.82) is 0 Å². The monoisotopic (exact) mass is 330 g/mol. The lowest BCUT2D eigenvalue weighted by molar-refractivity contribution is -0.184. The van der Waals surface area contributed by atoms with Gasteiger partial charge in [-0.3, -0.25) is 4.98 Å². The summed E-state index contributed by atoms with van der Waals surface area (Å²) in [5.74, 6) is 0. The fourth-order valence-electron chi connectivity index (χ4n) is 1.99. The number of hydrogen-bond acceptors (Lipinski definition) is 3. The van der Waals surface area contributed by atoms with Gasteiger partial charge in [-0.1, -0.05) is 29.8 Å². The number of aryl methyl sites for hydroxylation is 1. The van der Waals surface area contributed by atoms with Gasteiger partial charge in [-0.05, 0) is 25.0 Å². The number of hydrogen-bond donors (Lipinski definition) is 0. The van der Waals surface area contributed by atoms with Gasteiger partial charge in [-0.15, -0.1) is 0 Å². The van der Waals surface area contributed by atoms with Crippen molar-refractivity contribution >= 4 is 11.6 Å². The molecule has 0 aliphatic heterocycles. The first-order valence-electron chi connectivity index (χ1n) is 6.53. The van der Waals surface area contributed by atoms with Crippen molar-refractivity contribution in [2.24, 2.45) is 0 Å². The Morgan fingerprint density at radius 3 is 2.50 bits per heavy atom. The normalized spacial score (nSPS) is 13.2. The summed E-state index contributed by atoms with van der Waals surface area (Å²) in [6.45, 7) is 2.17. The lowest BCUT2D eigenvalue weighted by Crippen LogP contribution is -2.18. The molecule has 0 N–H and O–H groups in total. The van der Waals surface area contributed by atoms with Crippen LogP contribution in [0.4, 0.5) is 13.2 Å². The highest BCUT2D eigenvalue weighted by Gasteiger charge is 2.28. The first kappa shape index (κ1) is 16.7. The second kappa shape index (κ2) is 6.62. The van der Waals surface area contributed by atoms with Crippen molar-refractivity contribution in [3.8, 4) is 11.3 Å². The maximum atomic E-state index is 12.2. The van der Waals surface area contributed by atoms with Gasteiger partial charge in [-0.2, -0.15) is 13.2 Å². The van der Waals surface area contributed by atoms with Crippen LogP contribution in [-0.2, 0) is 4.74 Å². The molecule has 0 aliphatic carbocycles. The largest absolute Gasteiger partial charge is 0.411 e. The number of rotatable bonds is 4. The van der Waals surface area contributed by atoms with E-state index in [9.17, 15) is 13.2 Å². The summed E-state index contributed by atoms with van der Waals surface area (Å²) in [7, 11) is 0. The summed E-state index contributed by atoms with van der Waals surface area (Å²) in [6.07, 6.45) is -1.99. The predicted molar refractivity (Wildman–Crippen MR) is 77.6 cm³/mol. The van der Waals surface area contributed by atoms with Gasteiger partial charge in [0, 0.05) is 5.56 Å². The van der Waals surface area contributed by atoms with Crippen LogP contribution in [0.2, 0.25) is 5.15 Å². The van der Waals surface area contributed by atoms with E-state index in [0.717, 1.165) is 11.1 Å². The third kappa shape index (κ3) is 4.42. The van der Waals surface area contributed by atoms with E-state index in [2.05, 4.69) is 9.97 Å². The molecule has 1 aromatic heterocycles. The standard InChI is InChI=1S/C15H14ClF3N2O/c1-9-5-11(10(2)22-8-15(17,18)19)3-4-12(9)13-6-21-14(16)7-20-13/h3-7,10H,8H2,1-2H3. The molecular weight excluding hydrogens is 317 g/mol. The van der Waals surface area contributed by atoms with E-state index in [0.29, 0.717) is 16.4 Å². The molecule has 2 aromatic rings. The highest BCUT2D eigenvalue weighted by Crippen LogP contribution is 2.27. The number of aromatic nitrogens is 2. The minimum atomic E-state index is -4.33. The molecule has 2 rings (SSSR count). The van der Waals surface area contributed by atoms with E-state index in [-0.39, 0.29) is 0 Å². The van der Waals surface area contributed by atoms with Gasteiger partial charge >= 0.3 is 6.18 Å². The van der Waals surface area contributed by atoms with E-state index < -0.39 is 18.9 Å². The Hall–Kier alpha value is -1.66. The summed E-state index contributed by atoms with van der Waals surface area (Å²) in [4.78, 5) is 8.14. The molecule has 0 bridgehead atoms. The molecule has 7 heteroatoms. The molecular formula is C15H14ClF3N2O. The number of ether oxygens (including phenoxy) is 1. The molecule has 0 fully saturated rings. The number of nitrogens with zero attached hydrogens (tertiary/aromatic N) is 2. The summed E-state index contributed by atoms with van der Waals surface area (Å²) in [6, 6.07) is 5.29. The molecule has 1 heterocycles. The molecule has 0 spiro atoms. The second-order valence-corrected chi connectivity index (χ2v) is 5.25. The molecule has 1 atom stereocenters. The molecule has 1 aromatic carbocycles. The topological polar surface area (TPSA) is 35.0 Å². The van der Waals surface area contributed by atoms with E-state index in [4.69, 9.17) is 16.3 Å². The lowest BCUT2D eigenvalue weighted by Gasteiger charge is -2.16. The molecule has 22 heavy (non-hydrogen) atoms. The van der Waals surface area contributed by atoms with Crippen LogP contribution in [0.5, 0.6) is 0 Å². The van der Waals surface area contributed by atoms with Crippen molar-refractivity contribution < 1.29 is 17.9 Å². The zero-order chi connectivity index (χ0) is 16.3. The van der Waals surface area contributed by atoms with Crippen LogP contribution in [0.1, 0.15) is 24.2 Å². The van der Waals surface area contributed by atoms with Gasteiger partial charge < -0.3 is 4.74 Å². The Bertz CT molecular complexity index is 644. The van der Waals surface area contributed by atoms with Crippen molar-refractivity contribution in [1.82, 2.24) is 9.97 Å². The van der Waals surface area contributed by atoms with Crippen LogP contribution >= 0.6 is 11.6 Å². The Morgan fingerprint density at radius 1 is 1.23 bits per heavy atom. The van der Waals surface area contributed by atoms with E-state index >= 15 is 0 Å². The summed E-state index contributed by atoms with van der Waals surface area (Å²) < 4.78 is 41.4. The predicted octanol–water partition coefficient (Wildman–Crippen LogP) is 4.75. The highest BCUT2D eigenvalue weighted by atomic mass is 35.5. The minimum absolute atomic E-state index is 0.298. The van der Waals surface area contributed by atoms with Crippen LogP contribution in [0.25, 0.3) is 11.3 Å². The third-order valence-electron chi connectivity index (χ3n) is 3.11. The van der Waals surface area contributed by atoms with E-state index in [1.165, 1.54) is 6.20 Å². The van der Waals surface area contributed by atoms with Crippen molar-refractivity contribution in [2.45, 2.75) is 26.1 Å². The quantitative estimate of drug-likeness (QED) is 0.811. The maximum absolute atomic E-state index is 12.2. The van der Waals surface area contributed by atoms with E-state index in [1.54, 1.807) is 31.3 Å². The lowest BCUT2D eigenvalue weighted by atomic mass is 10.0. The van der Waals surface area contributed by atoms with E-state index in [1.807, 2.05) is 6.92 Å². The van der Waals surface area contributed by atoms with Gasteiger partial charge in [0.2, 0.25) is 0 Å². The highest BCUT2D eigenvalue weighted by molar-refractivity contribution is 6.29. The van der Waals surface area contributed by atoms with Gasteiger partial charge in [-0.25, -0.2) is 4.98 Å². The third-order valence-corrected chi connectivity index (χ3v) is 3.31. The van der Waals surface area contributed by atoms with Crippen LogP contribution in [-0.4, -0.2) is 22.8 Å². The first-order chi connectivity index (χ1) is 10.3. The molecule has 0 aliphatic rings. The van der Waals surface area contributed by atoms with Crippen LogP contribution in [0.15, 0.2) is 30.6 Å². The van der Waals surface area contributed by atoms with Gasteiger partial charge in [0.25, 0.3) is 0 Å². The SMILES string of the molecule is Cc1cc(C(C)OCC(F)(F)F)ccc1-c1cnc(Cl)cn1. The Kier molecular flexibility index (Phi) is 5.03. The molecule has 118 valence electrons. The average molecular weight is 331 g/mol. The molecule has 0 saturated carbocycles. The fraction of sp³-hybridized carbons (Fsp3) is 0.333. The van der Waals surface area contributed by atoms with Crippen LogP contribution in [0.3, 0.4) is 0 Å². The Labute approximate surface area is 131 Å². The second-order valence-electron chi connectivity index (χ2n) is 4.87. The van der Waals surface area contributed by atoms with Crippen LogP contribution < -0.4 is 0 Å². The molecule has 1 unspecified atom stereocenters. The Balaban J connectivity index is 2.17. The zero-order valence-corrected chi connectivity index (χ0v) is 12.7. The maximum Gasteiger partial charge on any atom is 0.411 e. The molecule has 0 saturated heterocycles. The van der Waals surface area contributed by atoms with Gasteiger partial charge in [0.1, 0.15) is 11.8 Å². The zero-order valence-electron chi connectivity index (χ0n) is 12.0. The smallest absolute Gasteiger partial charge is 0.364 e. The minimum Gasteiger partial charge on any atom is -0.364 e. The van der Waals surface area contributed by atoms with Crippen LogP contribution in [0, 0.1) is 6.92 Å². The number of benzene rings is 1.